The second-order valence-electron chi connectivity index (χ2n) is 6.62. The van der Waals surface area contributed by atoms with E-state index in [1.54, 1.807) is 6.08 Å². The van der Waals surface area contributed by atoms with Gasteiger partial charge >= 0.3 is 0 Å². The Balaban J connectivity index is 1.52. The van der Waals surface area contributed by atoms with Crippen LogP contribution >= 0.6 is 27.3 Å². The highest BCUT2D eigenvalue weighted by Crippen LogP contribution is 2.25. The number of hydrogen-bond donors (Lipinski definition) is 0. The van der Waals surface area contributed by atoms with Gasteiger partial charge in [0.1, 0.15) is 16.1 Å². The van der Waals surface area contributed by atoms with Gasteiger partial charge in [-0.25, -0.2) is 0 Å². The van der Waals surface area contributed by atoms with Crippen LogP contribution in [0.1, 0.15) is 11.3 Å². The van der Waals surface area contributed by atoms with E-state index in [0.29, 0.717) is 21.1 Å². The summed E-state index contributed by atoms with van der Waals surface area (Å²) in [5.74, 6) is 1.90. The zero-order valence-corrected chi connectivity index (χ0v) is 17.7. The quantitative estimate of drug-likeness (QED) is 0.389. The van der Waals surface area contributed by atoms with Gasteiger partial charge in [-0.3, -0.25) is 4.79 Å². The normalized spacial score (nSPS) is 12.1. The summed E-state index contributed by atoms with van der Waals surface area (Å²) in [5, 5.41) is 4.38. The van der Waals surface area contributed by atoms with Gasteiger partial charge in [-0.05, 0) is 31.2 Å². The Labute approximate surface area is 178 Å². The third-order valence-corrected chi connectivity index (χ3v) is 5.95. The van der Waals surface area contributed by atoms with Crippen molar-refractivity contribution in [1.29, 1.82) is 0 Å². The summed E-state index contributed by atoms with van der Waals surface area (Å²) in [6.07, 6.45) is 1.73. The molecular formula is C22H14BrN3O2S. The summed E-state index contributed by atoms with van der Waals surface area (Å²) in [7, 11) is 0. The lowest BCUT2D eigenvalue weighted by Crippen LogP contribution is -2.23. The molecule has 0 bridgehead atoms. The first-order valence-electron chi connectivity index (χ1n) is 8.91. The zero-order valence-electron chi connectivity index (χ0n) is 15.3. The van der Waals surface area contributed by atoms with Crippen LogP contribution in [0.15, 0.2) is 74.3 Å². The molecule has 0 radical (unpaired) electrons. The summed E-state index contributed by atoms with van der Waals surface area (Å²) in [6.45, 7) is 2.03. The van der Waals surface area contributed by atoms with Gasteiger partial charge in [0.2, 0.25) is 4.96 Å². The molecule has 0 spiro atoms. The lowest BCUT2D eigenvalue weighted by Gasteiger charge is -1.96. The van der Waals surface area contributed by atoms with E-state index < -0.39 is 0 Å². The minimum atomic E-state index is -0.198. The maximum atomic E-state index is 12.7. The molecular weight excluding hydrogens is 450 g/mol. The average Bonchev–Trinajstić information content (AvgIpc) is 3.41. The van der Waals surface area contributed by atoms with Crippen molar-refractivity contribution in [2.24, 2.45) is 0 Å². The molecule has 0 unspecified atom stereocenters. The number of rotatable bonds is 3. The lowest BCUT2D eigenvalue weighted by atomic mass is 10.1. The van der Waals surface area contributed by atoms with Crippen LogP contribution in [-0.4, -0.2) is 14.6 Å². The second kappa shape index (κ2) is 7.09. The van der Waals surface area contributed by atoms with Crippen LogP contribution in [0.25, 0.3) is 33.7 Å². The standard InChI is InChI=1S/C22H14BrN3O2S/c1-13-5-7-14(8-6-13)20-24-22-26(25-20)21(27)19(29-22)12-17-9-10-18(28-17)15-3-2-4-16(23)11-15/h2-12H,1H3. The van der Waals surface area contributed by atoms with Gasteiger partial charge < -0.3 is 4.42 Å². The van der Waals surface area contributed by atoms with Crippen molar-refractivity contribution >= 4 is 38.3 Å². The Kier molecular flexibility index (Phi) is 4.41. The van der Waals surface area contributed by atoms with Gasteiger partial charge in [0.05, 0.1) is 0 Å². The molecule has 7 heteroatoms. The van der Waals surface area contributed by atoms with Gasteiger partial charge in [-0.15, -0.1) is 5.10 Å². The van der Waals surface area contributed by atoms with Crippen molar-refractivity contribution in [2.45, 2.75) is 6.92 Å². The maximum Gasteiger partial charge on any atom is 0.291 e. The van der Waals surface area contributed by atoms with Crippen molar-refractivity contribution < 1.29 is 4.42 Å². The first-order valence-corrected chi connectivity index (χ1v) is 10.5. The molecule has 0 aliphatic rings. The van der Waals surface area contributed by atoms with Crippen LogP contribution in [-0.2, 0) is 0 Å². The summed E-state index contributed by atoms with van der Waals surface area (Å²) < 4.78 is 8.77. The molecule has 5 nitrogen and oxygen atoms in total. The Morgan fingerprint density at radius 1 is 1.07 bits per heavy atom. The first kappa shape index (κ1) is 18.0. The van der Waals surface area contributed by atoms with Crippen molar-refractivity contribution in [2.75, 3.05) is 0 Å². The lowest BCUT2D eigenvalue weighted by molar-refractivity contribution is 0.571. The zero-order chi connectivity index (χ0) is 20.0. The molecule has 3 aromatic heterocycles. The molecule has 0 amide bonds. The summed E-state index contributed by atoms with van der Waals surface area (Å²) in [6, 6.07) is 19.5. The van der Waals surface area contributed by atoms with Gasteiger partial charge in [0.25, 0.3) is 5.56 Å². The Bertz CT molecular complexity index is 1450. The molecule has 2 aromatic carbocycles. The Hall–Kier alpha value is -3.03. The van der Waals surface area contributed by atoms with Crippen LogP contribution < -0.4 is 10.1 Å². The molecule has 5 rings (SSSR count). The van der Waals surface area contributed by atoms with E-state index in [0.717, 1.165) is 26.9 Å². The molecule has 0 aliphatic carbocycles. The molecule has 0 atom stereocenters. The van der Waals surface area contributed by atoms with E-state index in [1.165, 1.54) is 15.9 Å². The molecule has 0 fully saturated rings. The topological polar surface area (TPSA) is 60.4 Å². The van der Waals surface area contributed by atoms with Crippen molar-refractivity contribution in [3.63, 3.8) is 0 Å². The monoisotopic (exact) mass is 463 g/mol. The third kappa shape index (κ3) is 3.43. The SMILES string of the molecule is Cc1ccc(-c2nc3sc(=Cc4ccc(-c5cccc(Br)c5)o4)c(=O)n3n2)cc1. The van der Waals surface area contributed by atoms with Crippen molar-refractivity contribution in [3.8, 4) is 22.7 Å². The number of nitrogens with zero attached hydrogens (tertiary/aromatic N) is 3. The van der Waals surface area contributed by atoms with Crippen molar-refractivity contribution in [3.05, 3.63) is 91.3 Å². The molecule has 29 heavy (non-hydrogen) atoms. The van der Waals surface area contributed by atoms with E-state index >= 15 is 0 Å². The van der Waals surface area contributed by atoms with E-state index in [1.807, 2.05) is 67.6 Å². The molecule has 0 aliphatic heterocycles. The van der Waals surface area contributed by atoms with E-state index in [-0.39, 0.29) is 5.56 Å². The molecule has 0 saturated heterocycles. The number of halogens is 1. The smallest absolute Gasteiger partial charge is 0.291 e. The molecule has 142 valence electrons. The molecule has 0 N–H and O–H groups in total. The highest BCUT2D eigenvalue weighted by atomic mass is 79.9. The third-order valence-electron chi connectivity index (χ3n) is 4.50. The van der Waals surface area contributed by atoms with E-state index in [9.17, 15) is 4.79 Å². The fourth-order valence-corrected chi connectivity index (χ4v) is 4.30. The number of furan rings is 1. The summed E-state index contributed by atoms with van der Waals surface area (Å²) >= 11 is 4.76. The number of thiazole rings is 1. The summed E-state index contributed by atoms with van der Waals surface area (Å²) in [5.41, 5.74) is 2.82. The maximum absolute atomic E-state index is 12.7. The second-order valence-corrected chi connectivity index (χ2v) is 8.55. The van der Waals surface area contributed by atoms with Gasteiger partial charge in [0.15, 0.2) is 5.82 Å². The summed E-state index contributed by atoms with van der Waals surface area (Å²) in [4.78, 5) is 17.8. The van der Waals surface area contributed by atoms with Crippen LogP contribution in [0, 0.1) is 6.92 Å². The van der Waals surface area contributed by atoms with Crippen LogP contribution in [0.5, 0.6) is 0 Å². The number of benzene rings is 2. The minimum Gasteiger partial charge on any atom is -0.457 e. The predicted octanol–water partition coefficient (Wildman–Crippen LogP) is 4.70. The Morgan fingerprint density at radius 3 is 2.66 bits per heavy atom. The Morgan fingerprint density at radius 2 is 1.90 bits per heavy atom. The largest absolute Gasteiger partial charge is 0.457 e. The van der Waals surface area contributed by atoms with Crippen LogP contribution in [0.2, 0.25) is 0 Å². The van der Waals surface area contributed by atoms with Gasteiger partial charge in [-0.2, -0.15) is 9.50 Å². The number of hydrogen-bond acceptors (Lipinski definition) is 5. The highest BCUT2D eigenvalue weighted by molar-refractivity contribution is 9.10. The molecule has 5 aromatic rings. The fourth-order valence-electron chi connectivity index (χ4n) is 3.02. The number of aromatic nitrogens is 3. The number of aryl methyl sites for hydroxylation is 1. The molecule has 3 heterocycles. The van der Waals surface area contributed by atoms with Gasteiger partial charge in [-0.1, -0.05) is 69.2 Å². The average molecular weight is 464 g/mol. The van der Waals surface area contributed by atoms with Gasteiger partial charge in [0, 0.05) is 21.7 Å². The van der Waals surface area contributed by atoms with E-state index in [2.05, 4.69) is 26.0 Å². The fraction of sp³-hybridized carbons (Fsp3) is 0.0455. The van der Waals surface area contributed by atoms with Crippen LogP contribution in [0.4, 0.5) is 0 Å². The minimum absolute atomic E-state index is 0.198. The van der Waals surface area contributed by atoms with Crippen LogP contribution in [0.3, 0.4) is 0 Å². The molecule has 0 saturated carbocycles. The number of fused-ring (bicyclic) bond motifs is 1. The van der Waals surface area contributed by atoms with Crippen molar-refractivity contribution in [1.82, 2.24) is 14.6 Å². The highest BCUT2D eigenvalue weighted by Gasteiger charge is 2.12. The van der Waals surface area contributed by atoms with E-state index in [4.69, 9.17) is 4.42 Å². The first-order chi connectivity index (χ1) is 14.1. The predicted molar refractivity (Wildman–Crippen MR) is 118 cm³/mol.